The molecule has 7 heteroatoms. The topological polar surface area (TPSA) is 64.1 Å². The maximum Gasteiger partial charge on any atom is 0.131 e. The van der Waals surface area contributed by atoms with Crippen LogP contribution in [0, 0.1) is 0 Å². The van der Waals surface area contributed by atoms with Crippen molar-refractivity contribution in [3.05, 3.63) is 45.3 Å². The Morgan fingerprint density at radius 3 is 2.92 bits per heavy atom. The smallest absolute Gasteiger partial charge is 0.131 e. The number of halogens is 2. The van der Waals surface area contributed by atoms with Gasteiger partial charge in [-0.05, 0) is 25.0 Å². The molecule has 4 rings (SSSR count). The normalized spacial score (nSPS) is 20.9. The molecule has 2 atom stereocenters. The average molecular weight is 396 g/mol. The molecule has 132 valence electrons. The number of anilines is 1. The Bertz CT molecular complexity index is 878. The molecular weight excluding hydrogens is 377 g/mol. The standard InChI is InChI=1S/C18H19Cl2N3OS/c19-14-8-13(22-9-10-4-3-7-24-10)18-16(23-14)15(20)17(25-18)11-5-1-2-6-12(11)21/h3-4,7-8,11-12H,1-2,5-6,9,21H2,(H,22,23)/t11-,12-/m1/s1. The lowest BCUT2D eigenvalue weighted by atomic mass is 9.84. The van der Waals surface area contributed by atoms with Crippen LogP contribution in [0.4, 0.5) is 5.69 Å². The van der Waals surface area contributed by atoms with Gasteiger partial charge in [-0.15, -0.1) is 11.3 Å². The van der Waals surface area contributed by atoms with E-state index < -0.39 is 0 Å². The minimum atomic E-state index is 0.161. The molecule has 0 aromatic carbocycles. The molecule has 0 saturated heterocycles. The molecule has 0 spiro atoms. The summed E-state index contributed by atoms with van der Waals surface area (Å²) in [4.78, 5) is 5.60. The largest absolute Gasteiger partial charge is 0.467 e. The summed E-state index contributed by atoms with van der Waals surface area (Å²) in [5.41, 5.74) is 8.05. The van der Waals surface area contributed by atoms with E-state index >= 15 is 0 Å². The highest BCUT2D eigenvalue weighted by atomic mass is 35.5. The van der Waals surface area contributed by atoms with Crippen LogP contribution in [0.2, 0.25) is 10.2 Å². The lowest BCUT2D eigenvalue weighted by Crippen LogP contribution is -2.30. The summed E-state index contributed by atoms with van der Waals surface area (Å²) in [6, 6.07) is 5.80. The summed E-state index contributed by atoms with van der Waals surface area (Å²) >= 11 is 14.6. The third kappa shape index (κ3) is 3.38. The summed E-state index contributed by atoms with van der Waals surface area (Å²) < 4.78 is 6.41. The third-order valence-corrected chi connectivity index (χ3v) is 6.80. The first-order valence-corrected chi connectivity index (χ1v) is 10.0. The minimum Gasteiger partial charge on any atom is -0.467 e. The van der Waals surface area contributed by atoms with Crippen molar-refractivity contribution >= 4 is 50.4 Å². The van der Waals surface area contributed by atoms with Gasteiger partial charge < -0.3 is 15.5 Å². The Labute approximate surface area is 160 Å². The van der Waals surface area contributed by atoms with E-state index in [9.17, 15) is 0 Å². The molecule has 0 amide bonds. The average Bonchev–Trinajstić information content (AvgIpc) is 3.22. The molecule has 0 bridgehead atoms. The number of nitrogens with one attached hydrogen (secondary N) is 1. The molecule has 1 saturated carbocycles. The van der Waals surface area contributed by atoms with Crippen LogP contribution >= 0.6 is 34.5 Å². The van der Waals surface area contributed by atoms with Crippen LogP contribution in [0.5, 0.6) is 0 Å². The maximum atomic E-state index is 6.69. The SMILES string of the molecule is N[C@@H]1CCCC[C@H]1c1sc2c(NCc3ccco3)cc(Cl)nc2c1Cl. The lowest BCUT2D eigenvalue weighted by molar-refractivity contribution is 0.389. The Hall–Kier alpha value is -1.27. The molecule has 25 heavy (non-hydrogen) atoms. The van der Waals surface area contributed by atoms with Crippen LogP contribution in [0.25, 0.3) is 10.2 Å². The van der Waals surface area contributed by atoms with Crippen LogP contribution in [0.1, 0.15) is 42.2 Å². The number of rotatable bonds is 4. The van der Waals surface area contributed by atoms with Crippen LogP contribution in [0.15, 0.2) is 28.9 Å². The fraction of sp³-hybridized carbons (Fsp3) is 0.389. The van der Waals surface area contributed by atoms with Crippen LogP contribution in [-0.4, -0.2) is 11.0 Å². The second kappa shape index (κ2) is 7.16. The van der Waals surface area contributed by atoms with E-state index in [-0.39, 0.29) is 6.04 Å². The molecule has 1 aliphatic rings. The van der Waals surface area contributed by atoms with Crippen molar-refractivity contribution in [1.29, 1.82) is 0 Å². The minimum absolute atomic E-state index is 0.161. The summed E-state index contributed by atoms with van der Waals surface area (Å²) in [6.45, 7) is 0.580. The van der Waals surface area contributed by atoms with Gasteiger partial charge >= 0.3 is 0 Å². The molecule has 4 nitrogen and oxygen atoms in total. The number of furan rings is 1. The summed E-state index contributed by atoms with van der Waals surface area (Å²) in [7, 11) is 0. The summed E-state index contributed by atoms with van der Waals surface area (Å²) in [5, 5.41) is 4.51. The fourth-order valence-corrected chi connectivity index (χ4v) is 5.45. The zero-order valence-corrected chi connectivity index (χ0v) is 15.9. The molecule has 3 aromatic heterocycles. The van der Waals surface area contributed by atoms with Gasteiger partial charge in [0.05, 0.1) is 28.2 Å². The molecule has 1 aliphatic carbocycles. The third-order valence-electron chi connectivity index (χ3n) is 4.77. The van der Waals surface area contributed by atoms with Gasteiger partial charge in [0.25, 0.3) is 0 Å². The van der Waals surface area contributed by atoms with Crippen molar-refractivity contribution in [3.63, 3.8) is 0 Å². The van der Waals surface area contributed by atoms with E-state index in [4.69, 9.17) is 33.4 Å². The van der Waals surface area contributed by atoms with Gasteiger partial charge in [-0.3, -0.25) is 0 Å². The van der Waals surface area contributed by atoms with Crippen molar-refractivity contribution in [2.45, 2.75) is 44.2 Å². The molecular formula is C18H19Cl2N3OS. The molecule has 3 N–H and O–H groups in total. The van der Waals surface area contributed by atoms with E-state index in [1.165, 1.54) is 12.8 Å². The molecule has 3 heterocycles. The van der Waals surface area contributed by atoms with Gasteiger partial charge in [-0.1, -0.05) is 36.0 Å². The highest BCUT2D eigenvalue weighted by Crippen LogP contribution is 2.46. The second-order valence-corrected chi connectivity index (χ2v) is 8.26. The van der Waals surface area contributed by atoms with Gasteiger partial charge in [0, 0.05) is 22.9 Å². The number of nitrogens with two attached hydrogens (primary N) is 1. The van der Waals surface area contributed by atoms with Gasteiger partial charge in [0.2, 0.25) is 0 Å². The first-order valence-electron chi connectivity index (χ1n) is 8.43. The highest BCUT2D eigenvalue weighted by molar-refractivity contribution is 7.20. The van der Waals surface area contributed by atoms with E-state index in [1.807, 2.05) is 18.2 Å². The maximum absolute atomic E-state index is 6.69. The Balaban J connectivity index is 1.72. The Morgan fingerprint density at radius 1 is 1.32 bits per heavy atom. The predicted molar refractivity (Wildman–Crippen MR) is 105 cm³/mol. The zero-order chi connectivity index (χ0) is 17.4. The van der Waals surface area contributed by atoms with E-state index in [1.54, 1.807) is 17.6 Å². The number of pyridine rings is 1. The molecule has 1 fully saturated rings. The first-order chi connectivity index (χ1) is 12.1. The number of nitrogens with zero attached hydrogens (tertiary/aromatic N) is 1. The number of hydrogen-bond donors (Lipinski definition) is 2. The number of fused-ring (bicyclic) bond motifs is 1. The zero-order valence-electron chi connectivity index (χ0n) is 13.6. The second-order valence-electron chi connectivity index (χ2n) is 6.44. The van der Waals surface area contributed by atoms with Crippen molar-refractivity contribution in [2.75, 3.05) is 5.32 Å². The van der Waals surface area contributed by atoms with E-state index in [2.05, 4.69) is 10.3 Å². The summed E-state index contributed by atoms with van der Waals surface area (Å²) in [6.07, 6.45) is 6.18. The molecule has 0 aliphatic heterocycles. The highest BCUT2D eigenvalue weighted by Gasteiger charge is 2.29. The van der Waals surface area contributed by atoms with Crippen LogP contribution in [0.3, 0.4) is 0 Å². The molecule has 0 unspecified atom stereocenters. The number of hydrogen-bond acceptors (Lipinski definition) is 5. The summed E-state index contributed by atoms with van der Waals surface area (Å²) in [5.74, 6) is 1.16. The van der Waals surface area contributed by atoms with Gasteiger partial charge in [0.15, 0.2) is 0 Å². The van der Waals surface area contributed by atoms with Gasteiger partial charge in [-0.2, -0.15) is 0 Å². The monoisotopic (exact) mass is 395 g/mol. The molecule has 3 aromatic rings. The predicted octanol–water partition coefficient (Wildman–Crippen LogP) is 5.79. The van der Waals surface area contributed by atoms with Crippen molar-refractivity contribution in [3.8, 4) is 0 Å². The van der Waals surface area contributed by atoms with Crippen molar-refractivity contribution in [2.24, 2.45) is 5.73 Å². The Morgan fingerprint density at radius 2 is 2.16 bits per heavy atom. The number of aromatic nitrogens is 1. The Kier molecular flexibility index (Phi) is 4.91. The van der Waals surface area contributed by atoms with Crippen molar-refractivity contribution in [1.82, 2.24) is 4.98 Å². The van der Waals surface area contributed by atoms with Gasteiger partial charge in [-0.25, -0.2) is 4.98 Å². The van der Waals surface area contributed by atoms with Crippen LogP contribution in [-0.2, 0) is 6.54 Å². The van der Waals surface area contributed by atoms with Crippen LogP contribution < -0.4 is 11.1 Å². The van der Waals surface area contributed by atoms with Gasteiger partial charge in [0.1, 0.15) is 16.4 Å². The number of thiophene rings is 1. The quantitative estimate of drug-likeness (QED) is 0.548. The lowest BCUT2D eigenvalue weighted by Gasteiger charge is -2.27. The first kappa shape index (κ1) is 17.2. The van der Waals surface area contributed by atoms with E-state index in [0.717, 1.165) is 39.4 Å². The fourth-order valence-electron chi connectivity index (χ4n) is 3.48. The molecule has 0 radical (unpaired) electrons. The van der Waals surface area contributed by atoms with Crippen molar-refractivity contribution < 1.29 is 4.42 Å². The van der Waals surface area contributed by atoms with E-state index in [0.29, 0.717) is 22.6 Å².